The highest BCUT2D eigenvalue weighted by Gasteiger charge is 2.23. The first-order valence-corrected chi connectivity index (χ1v) is 9.97. The molecule has 0 saturated heterocycles. The Kier molecular flexibility index (Phi) is 5.53. The molecule has 0 bridgehead atoms. The fourth-order valence-corrected chi connectivity index (χ4v) is 4.37. The summed E-state index contributed by atoms with van der Waals surface area (Å²) < 4.78 is 21.2. The minimum absolute atomic E-state index is 0.120. The first-order chi connectivity index (χ1) is 14.1. The van der Waals surface area contributed by atoms with Gasteiger partial charge in [0.1, 0.15) is 18.2 Å². The van der Waals surface area contributed by atoms with Gasteiger partial charge in [0.05, 0.1) is 4.88 Å². The van der Waals surface area contributed by atoms with Crippen LogP contribution in [0.4, 0.5) is 4.39 Å². The van der Waals surface area contributed by atoms with Gasteiger partial charge in [-0.2, -0.15) is 0 Å². The Labute approximate surface area is 172 Å². The zero-order valence-electron chi connectivity index (χ0n) is 15.8. The maximum Gasteiger partial charge on any atom is 0.264 e. The zero-order valence-corrected chi connectivity index (χ0v) is 16.7. The smallest absolute Gasteiger partial charge is 0.264 e. The number of benzene rings is 2. The molecule has 4 nitrogen and oxygen atoms in total. The molecule has 4 rings (SSSR count). The molecule has 0 N–H and O–H groups in total. The summed E-state index contributed by atoms with van der Waals surface area (Å²) in [6.07, 6.45) is 3.39. The molecule has 0 spiro atoms. The lowest BCUT2D eigenvalue weighted by Gasteiger charge is -2.17. The predicted molar refractivity (Wildman–Crippen MR) is 113 cm³/mol. The number of nitrogens with zero attached hydrogens (tertiary/aromatic N) is 2. The van der Waals surface area contributed by atoms with E-state index < -0.39 is 0 Å². The molecule has 0 aliphatic carbocycles. The number of carbonyl (C=O) groups is 1. The van der Waals surface area contributed by atoms with Crippen LogP contribution >= 0.6 is 11.3 Å². The van der Waals surface area contributed by atoms with Crippen LogP contribution in [0.5, 0.6) is 5.75 Å². The van der Waals surface area contributed by atoms with Crippen molar-refractivity contribution in [2.75, 3.05) is 7.05 Å². The van der Waals surface area contributed by atoms with Crippen molar-refractivity contribution in [3.8, 4) is 5.75 Å². The second kappa shape index (κ2) is 8.41. The summed E-state index contributed by atoms with van der Waals surface area (Å²) in [6.45, 7) is 0.562. The van der Waals surface area contributed by atoms with Crippen molar-refractivity contribution in [1.82, 2.24) is 9.88 Å². The van der Waals surface area contributed by atoms with Crippen molar-refractivity contribution < 1.29 is 13.9 Å². The Morgan fingerprint density at radius 3 is 2.59 bits per heavy atom. The Morgan fingerprint density at radius 1 is 1.07 bits per heavy atom. The largest absolute Gasteiger partial charge is 0.489 e. The molecule has 2 aromatic heterocycles. The lowest BCUT2D eigenvalue weighted by Crippen LogP contribution is -2.26. The summed E-state index contributed by atoms with van der Waals surface area (Å²) in [5.41, 5.74) is 1.56. The number of ether oxygens (including phenoxy) is 1. The maximum atomic E-state index is 14.6. The van der Waals surface area contributed by atoms with E-state index in [1.165, 1.54) is 17.4 Å². The minimum atomic E-state index is -0.346. The van der Waals surface area contributed by atoms with E-state index in [2.05, 4.69) is 4.98 Å². The number of carbonyl (C=O) groups excluding carboxylic acids is 1. The lowest BCUT2D eigenvalue weighted by molar-refractivity contribution is 0.0787. The third kappa shape index (κ3) is 4.12. The van der Waals surface area contributed by atoms with Gasteiger partial charge >= 0.3 is 0 Å². The number of para-hydroxylation sites is 1. The molecule has 0 radical (unpaired) electrons. The first kappa shape index (κ1) is 19.1. The van der Waals surface area contributed by atoms with Crippen LogP contribution in [0.25, 0.3) is 10.1 Å². The van der Waals surface area contributed by atoms with Gasteiger partial charge in [0.25, 0.3) is 5.91 Å². The number of hydrogen-bond donors (Lipinski definition) is 0. The van der Waals surface area contributed by atoms with Gasteiger partial charge in [-0.05, 0) is 42.0 Å². The van der Waals surface area contributed by atoms with Gasteiger partial charge in [-0.1, -0.05) is 24.3 Å². The van der Waals surface area contributed by atoms with Crippen LogP contribution in [0, 0.1) is 5.82 Å². The van der Waals surface area contributed by atoms with Crippen molar-refractivity contribution in [3.63, 3.8) is 0 Å². The number of rotatable bonds is 6. The second-order valence-electron chi connectivity index (χ2n) is 6.64. The van der Waals surface area contributed by atoms with E-state index in [4.69, 9.17) is 4.74 Å². The molecular formula is C23H19FN2O2S. The van der Waals surface area contributed by atoms with Gasteiger partial charge in [0.15, 0.2) is 0 Å². The van der Waals surface area contributed by atoms with Crippen LogP contribution in [0.15, 0.2) is 73.1 Å². The number of thiophene rings is 1. The Hall–Kier alpha value is -3.25. The number of hydrogen-bond acceptors (Lipinski definition) is 4. The summed E-state index contributed by atoms with van der Waals surface area (Å²) >= 11 is 1.30. The number of amides is 1. The predicted octanol–water partition coefficient (Wildman–Crippen LogP) is 5.29. The average molecular weight is 406 g/mol. The third-order valence-electron chi connectivity index (χ3n) is 4.60. The van der Waals surface area contributed by atoms with Crippen LogP contribution in [-0.2, 0) is 13.2 Å². The molecule has 2 heterocycles. The fourth-order valence-electron chi connectivity index (χ4n) is 3.16. The summed E-state index contributed by atoms with van der Waals surface area (Å²) in [5, 5.41) is 0.453. The Balaban J connectivity index is 1.67. The van der Waals surface area contributed by atoms with E-state index in [9.17, 15) is 9.18 Å². The van der Waals surface area contributed by atoms with Crippen molar-refractivity contribution in [1.29, 1.82) is 0 Å². The van der Waals surface area contributed by atoms with E-state index in [1.54, 1.807) is 30.4 Å². The molecule has 146 valence electrons. The van der Waals surface area contributed by atoms with Crippen molar-refractivity contribution in [2.45, 2.75) is 13.2 Å². The highest BCUT2D eigenvalue weighted by Crippen LogP contribution is 2.35. The van der Waals surface area contributed by atoms with Gasteiger partial charge in [0.2, 0.25) is 0 Å². The van der Waals surface area contributed by atoms with E-state index in [0.717, 1.165) is 10.3 Å². The molecule has 6 heteroatoms. The standard InChI is InChI=1S/C23H19FN2O2S/c1-26(14-16-10-12-25-13-11-16)23(27)22-18(15-28-17-6-3-2-4-7-17)21-19(24)8-5-9-20(21)29-22/h2-13H,14-15H2,1H3. The van der Waals surface area contributed by atoms with Crippen LogP contribution in [0.2, 0.25) is 0 Å². The quantitative estimate of drug-likeness (QED) is 0.437. The normalized spacial score (nSPS) is 10.8. The first-order valence-electron chi connectivity index (χ1n) is 9.15. The number of halogens is 1. The van der Waals surface area contributed by atoms with Gasteiger partial charge < -0.3 is 9.64 Å². The Morgan fingerprint density at radius 2 is 1.83 bits per heavy atom. The summed E-state index contributed by atoms with van der Waals surface area (Å²) in [7, 11) is 1.74. The number of pyridine rings is 1. The average Bonchev–Trinajstić information content (AvgIpc) is 3.13. The molecular weight excluding hydrogens is 387 g/mol. The van der Waals surface area contributed by atoms with Gasteiger partial charge in [-0.3, -0.25) is 9.78 Å². The minimum Gasteiger partial charge on any atom is -0.489 e. The zero-order chi connectivity index (χ0) is 20.2. The lowest BCUT2D eigenvalue weighted by atomic mass is 10.1. The number of fused-ring (bicyclic) bond motifs is 1. The Bertz CT molecular complexity index is 1130. The van der Waals surface area contributed by atoms with E-state index in [1.807, 2.05) is 48.5 Å². The molecule has 0 aliphatic rings. The van der Waals surface area contributed by atoms with Crippen molar-refractivity contribution in [2.24, 2.45) is 0 Å². The summed E-state index contributed by atoms with van der Waals surface area (Å²) in [4.78, 5) is 19.3. The van der Waals surface area contributed by atoms with Gasteiger partial charge in [-0.15, -0.1) is 11.3 Å². The topological polar surface area (TPSA) is 42.4 Å². The molecule has 29 heavy (non-hydrogen) atoms. The molecule has 1 amide bonds. The van der Waals surface area contributed by atoms with Crippen molar-refractivity contribution in [3.05, 3.63) is 94.9 Å². The monoisotopic (exact) mass is 406 g/mol. The van der Waals surface area contributed by atoms with E-state index in [-0.39, 0.29) is 18.3 Å². The molecule has 0 atom stereocenters. The highest BCUT2D eigenvalue weighted by molar-refractivity contribution is 7.21. The molecule has 0 unspecified atom stereocenters. The van der Waals surface area contributed by atoms with Crippen LogP contribution < -0.4 is 4.74 Å². The van der Waals surface area contributed by atoms with E-state index in [0.29, 0.717) is 28.1 Å². The van der Waals surface area contributed by atoms with Crippen molar-refractivity contribution >= 4 is 27.3 Å². The maximum absolute atomic E-state index is 14.6. The fraction of sp³-hybridized carbons (Fsp3) is 0.130. The van der Waals surface area contributed by atoms with E-state index >= 15 is 0 Å². The molecule has 2 aromatic carbocycles. The second-order valence-corrected chi connectivity index (χ2v) is 7.69. The highest BCUT2D eigenvalue weighted by atomic mass is 32.1. The third-order valence-corrected chi connectivity index (χ3v) is 5.78. The van der Waals surface area contributed by atoms with Crippen LogP contribution in [0.3, 0.4) is 0 Å². The summed E-state index contributed by atoms with van der Waals surface area (Å²) in [6, 6.07) is 17.9. The molecule has 4 aromatic rings. The molecule has 0 aliphatic heterocycles. The number of aromatic nitrogens is 1. The van der Waals surface area contributed by atoms with Crippen LogP contribution in [0.1, 0.15) is 20.8 Å². The molecule has 0 saturated carbocycles. The van der Waals surface area contributed by atoms with Gasteiger partial charge in [-0.25, -0.2) is 4.39 Å². The van der Waals surface area contributed by atoms with Gasteiger partial charge in [0, 0.05) is 41.6 Å². The molecule has 0 fully saturated rings. The van der Waals surface area contributed by atoms with Crippen LogP contribution in [-0.4, -0.2) is 22.8 Å². The summed E-state index contributed by atoms with van der Waals surface area (Å²) in [5.74, 6) is 0.169. The SMILES string of the molecule is CN(Cc1ccncc1)C(=O)c1sc2cccc(F)c2c1COc1ccccc1.